The third-order valence-electron chi connectivity index (χ3n) is 4.12. The van der Waals surface area contributed by atoms with E-state index in [1.165, 1.54) is 0 Å². The highest BCUT2D eigenvalue weighted by Crippen LogP contribution is 2.30. The highest BCUT2D eigenvalue weighted by molar-refractivity contribution is 7.14. The molecule has 1 N–H and O–H groups in total. The first kappa shape index (κ1) is 19.8. The van der Waals surface area contributed by atoms with Crippen LogP contribution >= 0.6 is 11.5 Å². The first-order valence-corrected chi connectivity index (χ1v) is 9.40. The molecule has 148 valence electrons. The maximum atomic E-state index is 12.6. The molecule has 0 spiro atoms. The van der Waals surface area contributed by atoms with E-state index >= 15 is 0 Å². The monoisotopic (exact) mass is 403 g/mol. The molecular formula is C19H21N3O5S. The number of aromatic nitrogens is 2. The summed E-state index contributed by atoms with van der Waals surface area (Å²) in [5, 5.41) is 3.25. The molecule has 0 bridgehead atoms. The fourth-order valence-corrected chi connectivity index (χ4v) is 3.48. The fourth-order valence-electron chi connectivity index (χ4n) is 2.63. The van der Waals surface area contributed by atoms with Crippen LogP contribution < -0.4 is 20.3 Å². The van der Waals surface area contributed by atoms with Crippen molar-refractivity contribution in [2.45, 2.75) is 13.0 Å². The van der Waals surface area contributed by atoms with E-state index in [2.05, 4.69) is 10.3 Å². The Morgan fingerprint density at radius 2 is 2.07 bits per heavy atom. The second-order valence-electron chi connectivity index (χ2n) is 5.97. The summed E-state index contributed by atoms with van der Waals surface area (Å²) in [5.74, 6) is 1.14. The first-order chi connectivity index (χ1) is 13.5. The van der Waals surface area contributed by atoms with E-state index in [-0.39, 0.29) is 11.6 Å². The van der Waals surface area contributed by atoms with Crippen LogP contribution in [0.4, 0.5) is 4.79 Å². The van der Waals surface area contributed by atoms with Crippen molar-refractivity contribution in [2.75, 3.05) is 27.4 Å². The minimum absolute atomic E-state index is 0.348. The molecule has 3 aromatic rings. The number of nitrogens with zero attached hydrogens (tertiary/aromatic N) is 2. The van der Waals surface area contributed by atoms with Gasteiger partial charge in [0, 0.05) is 13.3 Å². The molecule has 0 aliphatic rings. The lowest BCUT2D eigenvalue weighted by molar-refractivity contribution is 0.144. The van der Waals surface area contributed by atoms with Crippen molar-refractivity contribution in [3.63, 3.8) is 0 Å². The number of carbonyl (C=O) groups excluding carboxylic acids is 1. The second-order valence-corrected chi connectivity index (χ2v) is 6.90. The van der Waals surface area contributed by atoms with Crippen molar-refractivity contribution in [1.29, 1.82) is 0 Å². The lowest BCUT2D eigenvalue weighted by Crippen LogP contribution is -2.34. The molecule has 0 aliphatic carbocycles. The summed E-state index contributed by atoms with van der Waals surface area (Å²) in [6, 6.07) is 7.89. The lowest BCUT2D eigenvalue weighted by atomic mass is 10.1. The van der Waals surface area contributed by atoms with Gasteiger partial charge in [-0.05, 0) is 48.3 Å². The van der Waals surface area contributed by atoms with Crippen LogP contribution in [0, 0.1) is 0 Å². The average molecular weight is 403 g/mol. The number of ether oxygens (including phenoxy) is 3. The molecule has 1 atom stereocenters. The van der Waals surface area contributed by atoms with Gasteiger partial charge >= 0.3 is 6.03 Å². The number of pyridine rings is 1. The normalized spacial score (nSPS) is 12.0. The number of methoxy groups -OCH3 is 2. The van der Waals surface area contributed by atoms with Gasteiger partial charge in [0.2, 0.25) is 0 Å². The summed E-state index contributed by atoms with van der Waals surface area (Å²) < 4.78 is 17.0. The molecule has 0 saturated heterocycles. The molecule has 1 amide bonds. The number of rotatable bonds is 7. The third kappa shape index (κ3) is 4.15. The first-order valence-electron chi connectivity index (χ1n) is 8.62. The van der Waals surface area contributed by atoms with Crippen LogP contribution in [0.15, 0.2) is 41.3 Å². The number of carbonyl (C=O) groups is 1. The van der Waals surface area contributed by atoms with Gasteiger partial charge in [-0.15, -0.1) is 0 Å². The van der Waals surface area contributed by atoms with Gasteiger partial charge in [-0.2, -0.15) is 3.96 Å². The van der Waals surface area contributed by atoms with E-state index in [0.717, 1.165) is 21.1 Å². The van der Waals surface area contributed by atoms with Gasteiger partial charge in [-0.3, -0.25) is 4.79 Å². The summed E-state index contributed by atoms with van der Waals surface area (Å²) in [6.45, 7) is 2.70. The summed E-state index contributed by atoms with van der Waals surface area (Å²) in [7, 11) is 3.15. The zero-order valence-corrected chi connectivity index (χ0v) is 16.6. The molecule has 0 unspecified atom stereocenters. The number of nitrogens with one attached hydrogen (secondary N) is 1. The average Bonchev–Trinajstić information content (AvgIpc) is 3.05. The molecule has 0 radical (unpaired) electrons. The number of hydrogen-bond donors (Lipinski definition) is 1. The molecule has 3 rings (SSSR count). The van der Waals surface area contributed by atoms with E-state index in [4.69, 9.17) is 14.2 Å². The van der Waals surface area contributed by atoms with Crippen molar-refractivity contribution in [1.82, 2.24) is 14.3 Å². The standard InChI is InChI=1S/C19H21N3O5S/c1-12(13-6-7-15(16(11-13)26-3)27-10-9-25-2)21-19(24)22-18(23)14-5-4-8-20-17(14)28-22/h4-8,11-12H,9-10H2,1-3H3,(H,21,24)/t12-/m1/s1. The Balaban J connectivity index is 1.76. The van der Waals surface area contributed by atoms with E-state index in [1.807, 2.05) is 13.0 Å². The molecule has 2 heterocycles. The van der Waals surface area contributed by atoms with Crippen LogP contribution in [-0.2, 0) is 4.74 Å². The molecule has 0 saturated carbocycles. The van der Waals surface area contributed by atoms with Crippen LogP contribution in [0.2, 0.25) is 0 Å². The van der Waals surface area contributed by atoms with Crippen molar-refractivity contribution in [2.24, 2.45) is 0 Å². The minimum atomic E-state index is -0.500. The highest BCUT2D eigenvalue weighted by atomic mass is 32.1. The molecule has 28 heavy (non-hydrogen) atoms. The Kier molecular flexibility index (Phi) is 6.27. The number of hydrogen-bond acceptors (Lipinski definition) is 7. The molecule has 1 aromatic carbocycles. The van der Waals surface area contributed by atoms with Gasteiger partial charge < -0.3 is 19.5 Å². The van der Waals surface area contributed by atoms with Gasteiger partial charge in [-0.1, -0.05) is 6.07 Å². The predicted octanol–water partition coefficient (Wildman–Crippen LogP) is 2.81. The molecule has 0 fully saturated rings. The van der Waals surface area contributed by atoms with Gasteiger partial charge in [0.1, 0.15) is 11.4 Å². The predicted molar refractivity (Wildman–Crippen MR) is 107 cm³/mol. The molecular weight excluding hydrogens is 382 g/mol. The van der Waals surface area contributed by atoms with Crippen LogP contribution in [0.3, 0.4) is 0 Å². The molecule has 8 nitrogen and oxygen atoms in total. The fraction of sp³-hybridized carbons (Fsp3) is 0.316. The van der Waals surface area contributed by atoms with E-state index < -0.39 is 6.03 Å². The SMILES string of the molecule is COCCOc1ccc([C@@H](C)NC(=O)n2sc3ncccc3c2=O)cc1OC. The van der Waals surface area contributed by atoms with Crippen molar-refractivity contribution in [3.8, 4) is 11.5 Å². The maximum Gasteiger partial charge on any atom is 0.338 e. The minimum Gasteiger partial charge on any atom is -0.493 e. The van der Waals surface area contributed by atoms with Crippen LogP contribution in [-0.4, -0.2) is 42.4 Å². The largest absolute Gasteiger partial charge is 0.493 e. The number of benzene rings is 1. The Bertz CT molecular complexity index is 1030. The Morgan fingerprint density at radius 3 is 2.79 bits per heavy atom. The maximum absolute atomic E-state index is 12.6. The zero-order valence-electron chi connectivity index (χ0n) is 15.8. The second kappa shape index (κ2) is 8.85. The van der Waals surface area contributed by atoms with E-state index in [1.54, 1.807) is 44.7 Å². The quantitative estimate of drug-likeness (QED) is 0.610. The van der Waals surface area contributed by atoms with Crippen LogP contribution in [0.5, 0.6) is 11.5 Å². The van der Waals surface area contributed by atoms with Gasteiger partial charge in [0.05, 0.1) is 25.1 Å². The Hall–Kier alpha value is -2.91. The van der Waals surface area contributed by atoms with Gasteiger partial charge in [-0.25, -0.2) is 9.78 Å². The summed E-state index contributed by atoms with van der Waals surface area (Å²) in [6.07, 6.45) is 1.59. The molecule has 0 aliphatic heterocycles. The lowest BCUT2D eigenvalue weighted by Gasteiger charge is -2.17. The van der Waals surface area contributed by atoms with E-state index in [9.17, 15) is 9.59 Å². The summed E-state index contributed by atoms with van der Waals surface area (Å²) in [4.78, 5) is 29.6. The summed E-state index contributed by atoms with van der Waals surface area (Å²) >= 11 is 1.01. The molecule has 2 aromatic heterocycles. The molecule has 9 heteroatoms. The zero-order chi connectivity index (χ0) is 20.1. The van der Waals surface area contributed by atoms with E-state index in [0.29, 0.717) is 34.9 Å². The third-order valence-corrected chi connectivity index (χ3v) is 5.13. The Morgan fingerprint density at radius 1 is 1.25 bits per heavy atom. The van der Waals surface area contributed by atoms with Crippen molar-refractivity contribution in [3.05, 3.63) is 52.4 Å². The smallest absolute Gasteiger partial charge is 0.338 e. The number of amides is 1. The Labute approximate surface area is 165 Å². The van der Waals surface area contributed by atoms with Crippen molar-refractivity contribution < 1.29 is 19.0 Å². The van der Waals surface area contributed by atoms with Crippen LogP contribution in [0.1, 0.15) is 18.5 Å². The van der Waals surface area contributed by atoms with Gasteiger partial charge in [0.25, 0.3) is 5.56 Å². The van der Waals surface area contributed by atoms with Crippen molar-refractivity contribution >= 4 is 27.8 Å². The topological polar surface area (TPSA) is 91.7 Å². The van der Waals surface area contributed by atoms with Gasteiger partial charge in [0.15, 0.2) is 11.5 Å². The number of fused-ring (bicyclic) bond motifs is 1. The summed E-state index contributed by atoms with van der Waals surface area (Å²) in [5.41, 5.74) is 0.439. The van der Waals surface area contributed by atoms with Crippen LogP contribution in [0.25, 0.3) is 10.2 Å². The highest BCUT2D eigenvalue weighted by Gasteiger charge is 2.18.